The van der Waals surface area contributed by atoms with E-state index in [2.05, 4.69) is 15.9 Å². The molecule has 5 nitrogen and oxygen atoms in total. The highest BCUT2D eigenvalue weighted by molar-refractivity contribution is 9.10. The topological polar surface area (TPSA) is 49.9 Å². The Bertz CT molecular complexity index is 1890. The number of hydrogen-bond donors (Lipinski definition) is 0. The summed E-state index contributed by atoms with van der Waals surface area (Å²) in [7, 11) is 0. The third-order valence-corrected chi connectivity index (χ3v) is 9.15. The van der Waals surface area contributed by atoms with Gasteiger partial charge in [-0.15, -0.1) is 0 Å². The monoisotopic (exact) mass is 640 g/mol. The van der Waals surface area contributed by atoms with Gasteiger partial charge in [-0.1, -0.05) is 125 Å². The average molecular weight is 642 g/mol. The van der Waals surface area contributed by atoms with E-state index in [1.165, 1.54) is 0 Å². The molecule has 0 aliphatic carbocycles. The summed E-state index contributed by atoms with van der Waals surface area (Å²) in [6.07, 6.45) is 0.266. The molecule has 2 aliphatic rings. The molecule has 5 aromatic carbocycles. The van der Waals surface area contributed by atoms with E-state index >= 15 is 0 Å². The molecule has 6 heteroatoms. The number of hydrogen-bond acceptors (Lipinski definition) is 3. The molecule has 0 bridgehead atoms. The van der Waals surface area contributed by atoms with Crippen LogP contribution in [0.2, 0.25) is 0 Å². The number of nitrogens with zero attached hydrogens (tertiary/aromatic N) is 2. The summed E-state index contributed by atoms with van der Waals surface area (Å²) >= 11 is 3.79. The van der Waals surface area contributed by atoms with Crippen LogP contribution in [0, 0.1) is 0 Å². The van der Waals surface area contributed by atoms with Crippen LogP contribution >= 0.6 is 15.9 Å². The molecule has 44 heavy (non-hydrogen) atoms. The van der Waals surface area contributed by atoms with E-state index < -0.39 is 11.8 Å². The van der Waals surface area contributed by atoms with Crippen LogP contribution in [0.4, 0.5) is 11.4 Å². The molecule has 0 radical (unpaired) electrons. The molecular formula is C38H29BrN2O3. The van der Waals surface area contributed by atoms with Crippen molar-refractivity contribution in [3.8, 4) is 0 Å². The van der Waals surface area contributed by atoms with Crippen molar-refractivity contribution < 1.29 is 14.3 Å². The van der Waals surface area contributed by atoms with Crippen molar-refractivity contribution in [2.24, 2.45) is 0 Å². The van der Waals surface area contributed by atoms with Gasteiger partial charge in [0.15, 0.2) is 0 Å². The number of rotatable bonds is 4. The fraction of sp³-hybridized carbons (Fsp3) is 0.105. The largest absolute Gasteiger partial charge is 0.462 e. The van der Waals surface area contributed by atoms with E-state index in [1.54, 1.807) is 4.90 Å². The molecule has 5 aromatic rings. The number of benzene rings is 5. The molecule has 2 unspecified atom stereocenters. The number of halogens is 1. The van der Waals surface area contributed by atoms with Crippen LogP contribution in [0.3, 0.4) is 0 Å². The number of ether oxygens (including phenoxy) is 1. The third-order valence-electron chi connectivity index (χ3n) is 8.43. The number of amides is 2. The van der Waals surface area contributed by atoms with Gasteiger partial charge in [-0.25, -0.2) is 0 Å². The van der Waals surface area contributed by atoms with Crippen molar-refractivity contribution in [1.82, 2.24) is 0 Å². The first-order valence-corrected chi connectivity index (χ1v) is 15.4. The maximum absolute atomic E-state index is 14.8. The first-order chi connectivity index (χ1) is 21.5. The molecule has 7 rings (SSSR count). The van der Waals surface area contributed by atoms with Crippen LogP contribution in [-0.2, 0) is 15.3 Å². The zero-order valence-electron chi connectivity index (χ0n) is 24.1. The molecule has 216 valence electrons. The third kappa shape index (κ3) is 4.54. The van der Waals surface area contributed by atoms with Gasteiger partial charge in [-0.2, -0.15) is 0 Å². The minimum atomic E-state index is -1.29. The second-order valence-electron chi connectivity index (χ2n) is 11.0. The van der Waals surface area contributed by atoms with Crippen LogP contribution < -0.4 is 9.80 Å². The highest BCUT2D eigenvalue weighted by Crippen LogP contribution is 2.55. The Morgan fingerprint density at radius 3 is 2.00 bits per heavy atom. The molecule has 0 saturated heterocycles. The van der Waals surface area contributed by atoms with E-state index in [0.29, 0.717) is 28.3 Å². The summed E-state index contributed by atoms with van der Waals surface area (Å²) < 4.78 is 8.09. The Hall–Kier alpha value is -4.94. The standard InChI is InChI=1S/C38H29BrN2O3/c1-26-35(27-15-5-2-6-16-27)44-38(29-19-9-4-10-20-29)25-34(30-21-11-12-22-31(30)39)40(37(43)28-17-7-3-8-18-28)32-23-13-14-24-33(32)41(38)36(26)42/h2-24,34H,25H2,1H3. The van der Waals surface area contributed by atoms with Gasteiger partial charge in [-0.05, 0) is 42.8 Å². The molecule has 2 heterocycles. The number of para-hydroxylation sites is 2. The maximum atomic E-state index is 14.8. The normalized spacial score (nSPS) is 19.5. The predicted molar refractivity (Wildman–Crippen MR) is 177 cm³/mol. The fourth-order valence-electron chi connectivity index (χ4n) is 6.37. The summed E-state index contributed by atoms with van der Waals surface area (Å²) in [6, 6.07) is 44.0. The van der Waals surface area contributed by atoms with Crippen molar-refractivity contribution in [3.05, 3.63) is 172 Å². The molecule has 0 saturated carbocycles. The summed E-state index contributed by atoms with van der Waals surface area (Å²) in [5, 5.41) is 0. The van der Waals surface area contributed by atoms with E-state index in [4.69, 9.17) is 4.74 Å². The lowest BCUT2D eigenvalue weighted by molar-refractivity contribution is -0.122. The summed E-state index contributed by atoms with van der Waals surface area (Å²) in [4.78, 5) is 33.0. The highest BCUT2D eigenvalue weighted by atomic mass is 79.9. The predicted octanol–water partition coefficient (Wildman–Crippen LogP) is 8.89. The summed E-state index contributed by atoms with van der Waals surface area (Å²) in [5.41, 5.74) is 3.55. The van der Waals surface area contributed by atoms with E-state index in [-0.39, 0.29) is 18.2 Å². The van der Waals surface area contributed by atoms with Crippen LogP contribution in [0.1, 0.15) is 46.4 Å². The molecule has 2 amide bonds. The lowest BCUT2D eigenvalue weighted by atomic mass is 9.87. The zero-order chi connectivity index (χ0) is 30.3. The zero-order valence-corrected chi connectivity index (χ0v) is 25.6. The first-order valence-electron chi connectivity index (χ1n) is 14.6. The number of anilines is 2. The maximum Gasteiger partial charge on any atom is 0.261 e. The van der Waals surface area contributed by atoms with Crippen LogP contribution in [0.15, 0.2) is 150 Å². The lowest BCUT2D eigenvalue weighted by Crippen LogP contribution is -2.55. The Morgan fingerprint density at radius 2 is 1.32 bits per heavy atom. The Morgan fingerprint density at radius 1 is 0.750 bits per heavy atom. The van der Waals surface area contributed by atoms with Gasteiger partial charge in [0.05, 0.1) is 23.0 Å². The van der Waals surface area contributed by atoms with Crippen molar-refractivity contribution in [1.29, 1.82) is 0 Å². The van der Waals surface area contributed by atoms with Gasteiger partial charge in [0, 0.05) is 27.6 Å². The molecule has 2 aliphatic heterocycles. The Balaban J connectivity index is 1.56. The fourth-order valence-corrected chi connectivity index (χ4v) is 6.92. The first kappa shape index (κ1) is 27.9. The van der Waals surface area contributed by atoms with Crippen LogP contribution in [-0.4, -0.2) is 11.8 Å². The summed E-state index contributed by atoms with van der Waals surface area (Å²) in [6.45, 7) is 1.81. The highest BCUT2D eigenvalue weighted by Gasteiger charge is 2.55. The molecule has 0 N–H and O–H groups in total. The average Bonchev–Trinajstić information content (AvgIpc) is 3.21. The second-order valence-corrected chi connectivity index (χ2v) is 11.8. The number of fused-ring (bicyclic) bond motifs is 3. The minimum Gasteiger partial charge on any atom is -0.462 e. The van der Waals surface area contributed by atoms with Crippen molar-refractivity contribution in [2.45, 2.75) is 25.1 Å². The van der Waals surface area contributed by atoms with Crippen molar-refractivity contribution >= 4 is 44.9 Å². The molecule has 0 spiro atoms. The summed E-state index contributed by atoms with van der Waals surface area (Å²) in [5.74, 6) is 0.190. The van der Waals surface area contributed by atoms with Gasteiger partial charge in [-0.3, -0.25) is 19.4 Å². The van der Waals surface area contributed by atoms with Crippen LogP contribution in [0.25, 0.3) is 5.76 Å². The Kier molecular flexibility index (Phi) is 7.15. The molecule has 0 fully saturated rings. The van der Waals surface area contributed by atoms with Gasteiger partial charge in [0.1, 0.15) is 5.76 Å². The quantitative estimate of drug-likeness (QED) is 0.197. The van der Waals surface area contributed by atoms with Gasteiger partial charge in [0.25, 0.3) is 11.8 Å². The second kappa shape index (κ2) is 11.3. The molecular weight excluding hydrogens is 612 g/mol. The van der Waals surface area contributed by atoms with Crippen LogP contribution in [0.5, 0.6) is 0 Å². The van der Waals surface area contributed by atoms with Crippen molar-refractivity contribution in [3.63, 3.8) is 0 Å². The number of carbonyl (C=O) groups excluding carboxylic acids is 2. The van der Waals surface area contributed by atoms with Gasteiger partial charge in [0.2, 0.25) is 5.72 Å². The van der Waals surface area contributed by atoms with Gasteiger partial charge < -0.3 is 4.74 Å². The number of carbonyl (C=O) groups is 2. The Labute approximate surface area is 265 Å². The van der Waals surface area contributed by atoms with Crippen molar-refractivity contribution in [2.75, 3.05) is 9.80 Å². The van der Waals surface area contributed by atoms with E-state index in [9.17, 15) is 9.59 Å². The van der Waals surface area contributed by atoms with E-state index in [1.807, 2.05) is 151 Å². The molecule has 2 atom stereocenters. The molecule has 0 aromatic heterocycles. The SMILES string of the molecule is CC1=C(c2ccccc2)OC2(c3ccccc3)CC(c3ccccc3Br)N(C(=O)c3ccccc3)c3ccccc3N2C1=O. The lowest BCUT2D eigenvalue weighted by Gasteiger charge is -2.47. The smallest absolute Gasteiger partial charge is 0.261 e. The minimum absolute atomic E-state index is 0.165. The van der Waals surface area contributed by atoms with E-state index in [0.717, 1.165) is 21.2 Å². The van der Waals surface area contributed by atoms with Gasteiger partial charge >= 0.3 is 0 Å².